The number of aryl methyl sites for hydroxylation is 3. The molecule has 130 valence electrons. The highest BCUT2D eigenvalue weighted by Gasteiger charge is 2.12. The van der Waals surface area contributed by atoms with Crippen molar-refractivity contribution in [3.05, 3.63) is 27.7 Å². The van der Waals surface area contributed by atoms with Crippen molar-refractivity contribution in [1.29, 1.82) is 0 Å². The van der Waals surface area contributed by atoms with Crippen molar-refractivity contribution in [1.82, 2.24) is 15.0 Å². The van der Waals surface area contributed by atoms with Crippen LogP contribution in [0.4, 0.5) is 11.9 Å². The summed E-state index contributed by atoms with van der Waals surface area (Å²) in [5.74, 6) is 1.30. The van der Waals surface area contributed by atoms with Crippen molar-refractivity contribution in [2.45, 2.75) is 59.4 Å². The third kappa shape index (κ3) is 5.26. The predicted octanol–water partition coefficient (Wildman–Crippen LogP) is 3.72. The first-order valence-electron chi connectivity index (χ1n) is 8.33. The Hall–Kier alpha value is -2.02. The van der Waals surface area contributed by atoms with E-state index in [-0.39, 0.29) is 11.9 Å². The first-order chi connectivity index (χ1) is 11.5. The minimum Gasteiger partial charge on any atom is -0.351 e. The molecule has 0 aliphatic carbocycles. The van der Waals surface area contributed by atoms with Gasteiger partial charge < -0.3 is 5.32 Å². The van der Waals surface area contributed by atoms with Crippen LogP contribution in [0.1, 0.15) is 49.4 Å². The van der Waals surface area contributed by atoms with E-state index < -0.39 is 0 Å². The number of hydrogen-bond donors (Lipinski definition) is 2. The molecule has 0 radical (unpaired) electrons. The van der Waals surface area contributed by atoms with Crippen molar-refractivity contribution < 1.29 is 4.79 Å². The van der Waals surface area contributed by atoms with Crippen molar-refractivity contribution in [3.8, 4) is 0 Å². The third-order valence-electron chi connectivity index (χ3n) is 3.83. The highest BCUT2D eigenvalue weighted by atomic mass is 32.1. The minimum atomic E-state index is -0.105. The van der Waals surface area contributed by atoms with Gasteiger partial charge in [-0.3, -0.25) is 10.1 Å². The van der Waals surface area contributed by atoms with Gasteiger partial charge in [-0.15, -0.1) is 11.3 Å². The third-order valence-corrected chi connectivity index (χ3v) is 4.92. The van der Waals surface area contributed by atoms with E-state index in [9.17, 15) is 4.79 Å². The van der Waals surface area contributed by atoms with E-state index in [1.54, 1.807) is 25.2 Å². The van der Waals surface area contributed by atoms with E-state index in [0.717, 1.165) is 19.3 Å². The number of thiophene rings is 1. The number of aromatic nitrogens is 3. The Bertz CT molecular complexity index is 685. The standard InChI is InChI=1S/C17H25N5OS/c1-5-13(7-8-14-11(3)9-10-24-14)20-16-18-12(4)19-17(22-16)21-15(23)6-2/h9-10,13H,5-8H2,1-4H3,(H2,18,19,20,21,22,23). The lowest BCUT2D eigenvalue weighted by atomic mass is 10.1. The maximum atomic E-state index is 11.5. The number of carbonyl (C=O) groups is 1. The highest BCUT2D eigenvalue weighted by Crippen LogP contribution is 2.19. The zero-order valence-electron chi connectivity index (χ0n) is 14.7. The molecule has 1 unspecified atom stereocenters. The smallest absolute Gasteiger partial charge is 0.234 e. The van der Waals surface area contributed by atoms with E-state index in [4.69, 9.17) is 0 Å². The normalized spacial score (nSPS) is 12.0. The van der Waals surface area contributed by atoms with Gasteiger partial charge in [-0.2, -0.15) is 15.0 Å². The van der Waals surface area contributed by atoms with Gasteiger partial charge in [0.25, 0.3) is 0 Å². The molecule has 0 aromatic carbocycles. The van der Waals surface area contributed by atoms with Crippen molar-refractivity contribution in [2.75, 3.05) is 10.6 Å². The van der Waals surface area contributed by atoms with Gasteiger partial charge in [-0.1, -0.05) is 13.8 Å². The first-order valence-corrected chi connectivity index (χ1v) is 9.21. The van der Waals surface area contributed by atoms with Crippen LogP contribution >= 0.6 is 11.3 Å². The Balaban J connectivity index is 2.01. The monoisotopic (exact) mass is 347 g/mol. The number of carbonyl (C=O) groups excluding carboxylic acids is 1. The maximum Gasteiger partial charge on any atom is 0.234 e. The zero-order chi connectivity index (χ0) is 17.5. The second-order valence-corrected chi connectivity index (χ2v) is 6.75. The molecule has 0 saturated carbocycles. The van der Waals surface area contributed by atoms with Gasteiger partial charge in [-0.25, -0.2) is 0 Å². The van der Waals surface area contributed by atoms with Gasteiger partial charge in [0.2, 0.25) is 17.8 Å². The average molecular weight is 347 g/mol. The molecule has 0 fully saturated rings. The van der Waals surface area contributed by atoms with Crippen LogP contribution in [0.3, 0.4) is 0 Å². The van der Waals surface area contributed by atoms with Crippen molar-refractivity contribution in [2.24, 2.45) is 0 Å². The summed E-state index contributed by atoms with van der Waals surface area (Å²) < 4.78 is 0. The van der Waals surface area contributed by atoms with E-state index in [2.05, 4.69) is 50.9 Å². The summed E-state index contributed by atoms with van der Waals surface area (Å²) in [6, 6.07) is 2.44. The summed E-state index contributed by atoms with van der Waals surface area (Å²) in [4.78, 5) is 25.8. The molecule has 2 N–H and O–H groups in total. The van der Waals surface area contributed by atoms with Crippen LogP contribution < -0.4 is 10.6 Å². The lowest BCUT2D eigenvalue weighted by Crippen LogP contribution is -2.22. The molecule has 2 aromatic rings. The van der Waals surface area contributed by atoms with Gasteiger partial charge in [0, 0.05) is 17.3 Å². The molecule has 2 heterocycles. The number of nitrogens with zero attached hydrogens (tertiary/aromatic N) is 3. The van der Waals surface area contributed by atoms with Crippen LogP contribution in [0, 0.1) is 13.8 Å². The largest absolute Gasteiger partial charge is 0.351 e. The van der Waals surface area contributed by atoms with Crippen LogP contribution in [0.2, 0.25) is 0 Å². The van der Waals surface area contributed by atoms with Crippen LogP contribution in [-0.4, -0.2) is 26.9 Å². The SMILES string of the molecule is CCC(=O)Nc1nc(C)nc(NC(CC)CCc2sccc2C)n1. The van der Waals surface area contributed by atoms with Crippen LogP contribution in [-0.2, 0) is 11.2 Å². The van der Waals surface area contributed by atoms with Crippen molar-refractivity contribution in [3.63, 3.8) is 0 Å². The quantitative estimate of drug-likeness (QED) is 0.761. The van der Waals surface area contributed by atoms with Gasteiger partial charge in [-0.05, 0) is 50.1 Å². The molecule has 1 atom stereocenters. The zero-order valence-corrected chi connectivity index (χ0v) is 15.5. The number of amides is 1. The second-order valence-electron chi connectivity index (χ2n) is 5.75. The summed E-state index contributed by atoms with van der Waals surface area (Å²) in [7, 11) is 0. The Morgan fingerprint density at radius 2 is 1.96 bits per heavy atom. The topological polar surface area (TPSA) is 79.8 Å². The second kappa shape index (κ2) is 8.73. The summed E-state index contributed by atoms with van der Waals surface area (Å²) >= 11 is 1.81. The fourth-order valence-electron chi connectivity index (χ4n) is 2.34. The van der Waals surface area contributed by atoms with Crippen LogP contribution in [0.5, 0.6) is 0 Å². The van der Waals surface area contributed by atoms with E-state index >= 15 is 0 Å². The molecule has 1 amide bonds. The Morgan fingerprint density at radius 1 is 1.21 bits per heavy atom. The predicted molar refractivity (Wildman–Crippen MR) is 98.6 cm³/mol. The van der Waals surface area contributed by atoms with E-state index in [0.29, 0.717) is 24.1 Å². The van der Waals surface area contributed by atoms with Gasteiger partial charge in [0.15, 0.2) is 0 Å². The molecule has 2 aromatic heterocycles. The van der Waals surface area contributed by atoms with Gasteiger partial charge >= 0.3 is 0 Å². The molecule has 6 nitrogen and oxygen atoms in total. The Kier molecular flexibility index (Phi) is 6.66. The molecular formula is C17H25N5OS. The molecule has 0 bridgehead atoms. The highest BCUT2D eigenvalue weighted by molar-refractivity contribution is 7.10. The summed E-state index contributed by atoms with van der Waals surface area (Å²) in [5.41, 5.74) is 1.36. The molecule has 7 heteroatoms. The lowest BCUT2D eigenvalue weighted by molar-refractivity contribution is -0.115. The molecule has 0 saturated heterocycles. The molecule has 0 aliphatic heterocycles. The first kappa shape index (κ1) is 18.3. The fourth-order valence-corrected chi connectivity index (χ4v) is 3.27. The number of rotatable bonds is 8. The maximum absolute atomic E-state index is 11.5. The molecular weight excluding hydrogens is 322 g/mol. The van der Waals surface area contributed by atoms with Gasteiger partial charge in [0.05, 0.1) is 0 Å². The number of hydrogen-bond acceptors (Lipinski definition) is 6. The molecule has 24 heavy (non-hydrogen) atoms. The molecule has 0 aliphatic rings. The number of nitrogens with one attached hydrogen (secondary N) is 2. The summed E-state index contributed by atoms with van der Waals surface area (Å²) in [5, 5.41) is 8.20. The van der Waals surface area contributed by atoms with Crippen LogP contribution in [0.25, 0.3) is 0 Å². The Labute approximate surface area is 147 Å². The molecule has 0 spiro atoms. The van der Waals surface area contributed by atoms with E-state index in [1.165, 1.54) is 10.4 Å². The lowest BCUT2D eigenvalue weighted by Gasteiger charge is -2.17. The molecule has 2 rings (SSSR count). The average Bonchev–Trinajstić information content (AvgIpc) is 2.95. The van der Waals surface area contributed by atoms with Gasteiger partial charge in [0.1, 0.15) is 5.82 Å². The van der Waals surface area contributed by atoms with E-state index in [1.807, 2.05) is 0 Å². The van der Waals surface area contributed by atoms with Crippen molar-refractivity contribution >= 4 is 29.1 Å². The summed E-state index contributed by atoms with van der Waals surface area (Å²) in [6.07, 6.45) is 3.43. The summed E-state index contributed by atoms with van der Waals surface area (Å²) in [6.45, 7) is 7.89. The number of anilines is 2. The Morgan fingerprint density at radius 3 is 2.58 bits per heavy atom. The van der Waals surface area contributed by atoms with Crippen LogP contribution in [0.15, 0.2) is 11.4 Å². The fraction of sp³-hybridized carbons (Fsp3) is 0.529. The minimum absolute atomic E-state index is 0.105.